The Balaban J connectivity index is 2.21. The lowest BCUT2D eigenvalue weighted by atomic mass is 10.3. The standard InChI is InChI=1S/C12H9N2O/c1-4-8-14(9-5-1)12-13-10-6-2-3-7-11(10)15-12/h1-9H/q+1. The first-order valence-electron chi connectivity index (χ1n) is 4.76. The van der Waals surface area contributed by atoms with Gasteiger partial charge in [0.1, 0.15) is 0 Å². The second kappa shape index (κ2) is 3.20. The molecule has 0 aliphatic heterocycles. The summed E-state index contributed by atoms with van der Waals surface area (Å²) in [6.07, 6.45) is 3.81. The number of nitrogens with zero attached hydrogens (tertiary/aromatic N) is 2. The van der Waals surface area contributed by atoms with E-state index in [0.29, 0.717) is 6.01 Å². The van der Waals surface area contributed by atoms with Crippen LogP contribution in [-0.4, -0.2) is 4.98 Å². The SMILES string of the molecule is c1cc[n+](-c2nc3ccccc3o2)cc1. The number of rotatable bonds is 1. The van der Waals surface area contributed by atoms with Crippen molar-refractivity contribution in [2.45, 2.75) is 0 Å². The van der Waals surface area contributed by atoms with Crippen molar-refractivity contribution >= 4 is 11.1 Å². The largest absolute Gasteiger partial charge is 0.509 e. The summed E-state index contributed by atoms with van der Waals surface area (Å²) in [6, 6.07) is 14.2. The van der Waals surface area contributed by atoms with Gasteiger partial charge in [0, 0.05) is 4.98 Å². The van der Waals surface area contributed by atoms with Gasteiger partial charge in [-0.2, -0.15) is 4.57 Å². The molecular formula is C12H9N2O+. The molecule has 0 aliphatic carbocycles. The van der Waals surface area contributed by atoms with Crippen LogP contribution in [-0.2, 0) is 0 Å². The molecule has 3 aromatic rings. The van der Waals surface area contributed by atoms with E-state index in [4.69, 9.17) is 4.42 Å². The lowest BCUT2D eigenvalue weighted by molar-refractivity contribution is -0.612. The summed E-state index contributed by atoms with van der Waals surface area (Å²) >= 11 is 0. The molecule has 0 amide bonds. The van der Waals surface area contributed by atoms with Crippen LogP contribution in [0.3, 0.4) is 0 Å². The fraction of sp³-hybridized carbons (Fsp3) is 0. The van der Waals surface area contributed by atoms with Gasteiger partial charge < -0.3 is 4.42 Å². The molecule has 3 nitrogen and oxygen atoms in total. The highest BCUT2D eigenvalue weighted by molar-refractivity contribution is 5.72. The van der Waals surface area contributed by atoms with Gasteiger partial charge in [0.15, 0.2) is 5.58 Å². The van der Waals surface area contributed by atoms with E-state index in [9.17, 15) is 0 Å². The molecular weight excluding hydrogens is 188 g/mol. The lowest BCUT2D eigenvalue weighted by Gasteiger charge is -1.87. The van der Waals surface area contributed by atoms with Gasteiger partial charge in [-0.05, 0) is 24.3 Å². The minimum absolute atomic E-state index is 0.594. The highest BCUT2D eigenvalue weighted by atomic mass is 16.4. The molecule has 1 aromatic carbocycles. The number of fused-ring (bicyclic) bond motifs is 1. The normalized spacial score (nSPS) is 10.7. The number of hydrogen-bond donors (Lipinski definition) is 0. The fourth-order valence-electron chi connectivity index (χ4n) is 1.50. The molecule has 2 aromatic heterocycles. The second-order valence-corrected chi connectivity index (χ2v) is 3.25. The molecule has 0 saturated heterocycles. The van der Waals surface area contributed by atoms with E-state index < -0.39 is 0 Å². The van der Waals surface area contributed by atoms with Crippen LogP contribution in [0, 0.1) is 0 Å². The zero-order valence-electron chi connectivity index (χ0n) is 8.00. The molecule has 0 saturated carbocycles. The van der Waals surface area contributed by atoms with Crippen LogP contribution in [0.1, 0.15) is 0 Å². The van der Waals surface area contributed by atoms with Crippen LogP contribution in [0.25, 0.3) is 17.1 Å². The minimum atomic E-state index is 0.594. The molecule has 2 heterocycles. The molecule has 0 unspecified atom stereocenters. The molecule has 72 valence electrons. The molecule has 0 bridgehead atoms. The third-order valence-corrected chi connectivity index (χ3v) is 2.22. The van der Waals surface area contributed by atoms with Crippen molar-refractivity contribution in [1.82, 2.24) is 4.98 Å². The molecule has 0 atom stereocenters. The topological polar surface area (TPSA) is 29.9 Å². The Morgan fingerprint density at radius 2 is 1.73 bits per heavy atom. The van der Waals surface area contributed by atoms with Crippen molar-refractivity contribution in [3.8, 4) is 6.01 Å². The minimum Gasteiger partial charge on any atom is -0.384 e. The van der Waals surface area contributed by atoms with Gasteiger partial charge in [0.25, 0.3) is 0 Å². The van der Waals surface area contributed by atoms with Gasteiger partial charge in [-0.25, -0.2) is 0 Å². The summed E-state index contributed by atoms with van der Waals surface area (Å²) < 4.78 is 7.45. The third-order valence-electron chi connectivity index (χ3n) is 2.22. The van der Waals surface area contributed by atoms with E-state index in [1.165, 1.54) is 0 Å². The molecule has 15 heavy (non-hydrogen) atoms. The Morgan fingerprint density at radius 1 is 0.933 bits per heavy atom. The Labute approximate surface area is 86.6 Å². The predicted molar refractivity (Wildman–Crippen MR) is 55.5 cm³/mol. The van der Waals surface area contributed by atoms with Crippen LogP contribution in [0.5, 0.6) is 0 Å². The summed E-state index contributed by atoms with van der Waals surface area (Å²) in [5.74, 6) is 0. The smallest absolute Gasteiger partial charge is 0.384 e. The predicted octanol–water partition coefficient (Wildman–Crippen LogP) is 2.10. The van der Waals surface area contributed by atoms with E-state index in [0.717, 1.165) is 11.1 Å². The van der Waals surface area contributed by atoms with Gasteiger partial charge >= 0.3 is 6.01 Å². The van der Waals surface area contributed by atoms with E-state index in [2.05, 4.69) is 4.98 Å². The van der Waals surface area contributed by atoms with E-state index in [1.807, 2.05) is 59.4 Å². The maximum Gasteiger partial charge on any atom is 0.509 e. The number of hydrogen-bond acceptors (Lipinski definition) is 2. The van der Waals surface area contributed by atoms with Crippen molar-refractivity contribution in [1.29, 1.82) is 0 Å². The number of para-hydroxylation sites is 2. The van der Waals surface area contributed by atoms with Crippen LogP contribution in [0.15, 0.2) is 59.3 Å². The monoisotopic (exact) mass is 197 g/mol. The van der Waals surface area contributed by atoms with Crippen molar-refractivity contribution in [2.24, 2.45) is 0 Å². The van der Waals surface area contributed by atoms with Gasteiger partial charge in [0.2, 0.25) is 5.52 Å². The first-order valence-corrected chi connectivity index (χ1v) is 4.76. The summed E-state index contributed by atoms with van der Waals surface area (Å²) in [5, 5.41) is 0. The number of pyridine rings is 1. The lowest BCUT2D eigenvalue weighted by Crippen LogP contribution is -2.29. The van der Waals surface area contributed by atoms with Gasteiger partial charge in [0.05, 0.1) is 12.4 Å². The Kier molecular flexibility index (Phi) is 1.75. The molecule has 3 rings (SSSR count). The van der Waals surface area contributed by atoms with Crippen molar-refractivity contribution < 1.29 is 8.98 Å². The molecule has 3 heteroatoms. The first kappa shape index (κ1) is 8.17. The van der Waals surface area contributed by atoms with Gasteiger partial charge in [-0.1, -0.05) is 18.2 Å². The third kappa shape index (κ3) is 1.38. The molecule has 0 N–H and O–H groups in total. The zero-order chi connectivity index (χ0) is 10.1. The Morgan fingerprint density at radius 3 is 2.53 bits per heavy atom. The quantitative estimate of drug-likeness (QED) is 0.559. The number of oxazole rings is 1. The fourth-order valence-corrected chi connectivity index (χ4v) is 1.50. The summed E-state index contributed by atoms with van der Waals surface area (Å²) in [6.45, 7) is 0. The van der Waals surface area contributed by atoms with Crippen molar-refractivity contribution in [3.05, 3.63) is 54.9 Å². The number of aromatic nitrogens is 2. The van der Waals surface area contributed by atoms with Crippen LogP contribution >= 0.6 is 0 Å². The average Bonchev–Trinajstić information content (AvgIpc) is 2.74. The molecule has 0 fully saturated rings. The number of benzene rings is 1. The summed E-state index contributed by atoms with van der Waals surface area (Å²) in [4.78, 5) is 4.38. The summed E-state index contributed by atoms with van der Waals surface area (Å²) in [5.41, 5.74) is 1.69. The zero-order valence-corrected chi connectivity index (χ0v) is 8.00. The maximum absolute atomic E-state index is 5.61. The Bertz CT molecular complexity index is 554. The average molecular weight is 197 g/mol. The molecule has 0 aliphatic rings. The molecule has 0 spiro atoms. The van der Waals surface area contributed by atoms with Crippen molar-refractivity contribution in [2.75, 3.05) is 0 Å². The highest BCUT2D eigenvalue weighted by Gasteiger charge is 2.15. The van der Waals surface area contributed by atoms with Crippen LogP contribution < -0.4 is 4.57 Å². The van der Waals surface area contributed by atoms with Gasteiger partial charge in [-0.3, -0.25) is 0 Å². The first-order chi connectivity index (χ1) is 7.43. The van der Waals surface area contributed by atoms with E-state index in [1.54, 1.807) is 0 Å². The van der Waals surface area contributed by atoms with Crippen molar-refractivity contribution in [3.63, 3.8) is 0 Å². The van der Waals surface area contributed by atoms with E-state index >= 15 is 0 Å². The van der Waals surface area contributed by atoms with Crippen LogP contribution in [0.2, 0.25) is 0 Å². The van der Waals surface area contributed by atoms with E-state index in [-0.39, 0.29) is 0 Å². The highest BCUT2D eigenvalue weighted by Crippen LogP contribution is 2.13. The maximum atomic E-state index is 5.61. The Hall–Kier alpha value is -2.16. The second-order valence-electron chi connectivity index (χ2n) is 3.25. The summed E-state index contributed by atoms with van der Waals surface area (Å²) in [7, 11) is 0. The molecule has 0 radical (unpaired) electrons. The van der Waals surface area contributed by atoms with Gasteiger partial charge in [-0.15, -0.1) is 0 Å². The van der Waals surface area contributed by atoms with Crippen LogP contribution in [0.4, 0.5) is 0 Å².